The molecule has 1 N–H and O–H groups in total. The van der Waals surface area contributed by atoms with E-state index >= 15 is 0 Å². The summed E-state index contributed by atoms with van der Waals surface area (Å²) in [6.07, 6.45) is 5.54. The molecular weight excluding hydrogens is 350 g/mol. The van der Waals surface area contributed by atoms with Crippen LogP contribution in [0.3, 0.4) is 0 Å². The van der Waals surface area contributed by atoms with Crippen LogP contribution in [-0.2, 0) is 18.4 Å². The quantitative estimate of drug-likeness (QED) is 0.762. The van der Waals surface area contributed by atoms with Gasteiger partial charge >= 0.3 is 5.76 Å². The summed E-state index contributed by atoms with van der Waals surface area (Å²) in [5, 5.41) is 5.86. The number of rotatable bonds is 4. The molecule has 0 bridgehead atoms. The van der Waals surface area contributed by atoms with Gasteiger partial charge in [0.1, 0.15) is 5.01 Å². The second-order valence-electron chi connectivity index (χ2n) is 6.79. The molecule has 0 radical (unpaired) electrons. The Morgan fingerprint density at radius 1 is 1.35 bits per heavy atom. The maximum absolute atomic E-state index is 12.3. The van der Waals surface area contributed by atoms with Gasteiger partial charge in [-0.15, -0.1) is 11.3 Å². The highest BCUT2D eigenvalue weighted by atomic mass is 32.1. The van der Waals surface area contributed by atoms with Gasteiger partial charge in [0.25, 0.3) is 0 Å². The number of carbonyl (C=O) groups is 1. The molecule has 1 amide bonds. The number of carbonyl (C=O) groups excluding carboxylic acids is 1. The zero-order valence-electron chi connectivity index (χ0n) is 14.7. The Kier molecular flexibility index (Phi) is 4.63. The molecule has 0 saturated heterocycles. The molecule has 1 fully saturated rings. The third-order valence-electron chi connectivity index (χ3n) is 5.03. The Labute approximate surface area is 154 Å². The van der Waals surface area contributed by atoms with Crippen molar-refractivity contribution in [1.29, 1.82) is 0 Å². The molecule has 4 rings (SSSR count). The summed E-state index contributed by atoms with van der Waals surface area (Å²) in [4.78, 5) is 28.5. The van der Waals surface area contributed by atoms with E-state index in [0.29, 0.717) is 12.1 Å². The minimum Gasteiger partial charge on any atom is -0.408 e. The number of hydrogen-bond acceptors (Lipinski definition) is 5. The minimum atomic E-state index is -0.374. The highest BCUT2D eigenvalue weighted by Crippen LogP contribution is 2.26. The summed E-state index contributed by atoms with van der Waals surface area (Å²) in [6.45, 7) is 0.461. The van der Waals surface area contributed by atoms with Crippen molar-refractivity contribution in [2.24, 2.45) is 13.0 Å². The minimum absolute atomic E-state index is 0.147. The molecule has 1 saturated carbocycles. The number of aryl methyl sites for hydroxylation is 1. The van der Waals surface area contributed by atoms with Crippen LogP contribution >= 0.6 is 11.3 Å². The van der Waals surface area contributed by atoms with E-state index in [1.54, 1.807) is 7.05 Å². The fourth-order valence-electron chi connectivity index (χ4n) is 3.49. The molecule has 1 aliphatic rings. The second-order valence-corrected chi connectivity index (χ2v) is 7.73. The van der Waals surface area contributed by atoms with E-state index in [1.165, 1.54) is 22.3 Å². The Morgan fingerprint density at radius 3 is 2.96 bits per heavy atom. The third kappa shape index (κ3) is 3.31. The van der Waals surface area contributed by atoms with Crippen LogP contribution in [0.15, 0.2) is 32.8 Å². The molecule has 26 heavy (non-hydrogen) atoms. The summed E-state index contributed by atoms with van der Waals surface area (Å²) in [7, 11) is 1.68. The molecule has 6 nitrogen and oxygen atoms in total. The Balaban J connectivity index is 1.46. The highest BCUT2D eigenvalue weighted by molar-refractivity contribution is 7.09. The Morgan fingerprint density at radius 2 is 2.15 bits per heavy atom. The molecule has 0 spiro atoms. The van der Waals surface area contributed by atoms with E-state index in [-0.39, 0.29) is 17.6 Å². The van der Waals surface area contributed by atoms with Gasteiger partial charge in [0.15, 0.2) is 5.58 Å². The van der Waals surface area contributed by atoms with Crippen LogP contribution in [0.2, 0.25) is 0 Å². The predicted molar refractivity (Wildman–Crippen MR) is 101 cm³/mol. The van der Waals surface area contributed by atoms with E-state index in [4.69, 9.17) is 4.42 Å². The molecule has 136 valence electrons. The largest absolute Gasteiger partial charge is 0.419 e. The fourth-order valence-corrected chi connectivity index (χ4v) is 4.23. The molecule has 1 aromatic carbocycles. The fraction of sp³-hybridized carbons (Fsp3) is 0.421. The molecule has 0 unspecified atom stereocenters. The summed E-state index contributed by atoms with van der Waals surface area (Å²) >= 11 is 1.52. The van der Waals surface area contributed by atoms with Crippen molar-refractivity contribution in [2.45, 2.75) is 38.6 Å². The third-order valence-corrected chi connectivity index (χ3v) is 5.88. The van der Waals surface area contributed by atoms with Gasteiger partial charge in [0.2, 0.25) is 5.91 Å². The Bertz CT molecular complexity index is 995. The maximum atomic E-state index is 12.3. The maximum Gasteiger partial charge on any atom is 0.419 e. The van der Waals surface area contributed by atoms with Gasteiger partial charge < -0.3 is 9.73 Å². The van der Waals surface area contributed by atoms with Gasteiger partial charge in [0.05, 0.1) is 17.8 Å². The van der Waals surface area contributed by atoms with Crippen molar-refractivity contribution < 1.29 is 9.21 Å². The smallest absolute Gasteiger partial charge is 0.408 e. The monoisotopic (exact) mass is 371 g/mol. The Hall–Kier alpha value is -2.41. The van der Waals surface area contributed by atoms with Crippen LogP contribution in [0.1, 0.15) is 37.1 Å². The molecule has 7 heteroatoms. The van der Waals surface area contributed by atoms with E-state index < -0.39 is 0 Å². The number of benzene rings is 1. The number of aromatic nitrogens is 2. The molecule has 0 atom stereocenters. The average Bonchev–Trinajstić information content (AvgIpc) is 3.25. The molecule has 2 aromatic heterocycles. The van der Waals surface area contributed by atoms with Crippen LogP contribution in [0.5, 0.6) is 0 Å². The summed E-state index contributed by atoms with van der Waals surface area (Å²) in [5.41, 5.74) is 3.03. The summed E-state index contributed by atoms with van der Waals surface area (Å²) in [6, 6.07) is 5.62. The lowest BCUT2D eigenvalue weighted by Crippen LogP contribution is -2.31. The van der Waals surface area contributed by atoms with E-state index in [1.807, 2.05) is 23.6 Å². The molecule has 2 heterocycles. The zero-order valence-corrected chi connectivity index (χ0v) is 15.5. The predicted octanol–water partition coefficient (Wildman–Crippen LogP) is 3.45. The van der Waals surface area contributed by atoms with Crippen molar-refractivity contribution in [3.63, 3.8) is 0 Å². The molecule has 3 aromatic rings. The van der Waals surface area contributed by atoms with Crippen molar-refractivity contribution in [2.75, 3.05) is 0 Å². The molecule has 0 aliphatic heterocycles. The highest BCUT2D eigenvalue weighted by Gasteiger charge is 2.21. The van der Waals surface area contributed by atoms with Crippen molar-refractivity contribution >= 4 is 28.3 Å². The van der Waals surface area contributed by atoms with Gasteiger partial charge in [0, 0.05) is 23.9 Å². The average molecular weight is 371 g/mol. The van der Waals surface area contributed by atoms with Crippen LogP contribution < -0.4 is 11.1 Å². The number of thiazole rings is 1. The number of amides is 1. The SMILES string of the molecule is Cn1c(=O)oc2cc(-c3csc(CNC(=O)C4CCCCC4)n3)ccc21. The first-order valence-electron chi connectivity index (χ1n) is 8.94. The zero-order chi connectivity index (χ0) is 18.1. The van der Waals surface area contributed by atoms with Gasteiger partial charge in [-0.2, -0.15) is 0 Å². The van der Waals surface area contributed by atoms with Crippen LogP contribution in [0.25, 0.3) is 22.4 Å². The van der Waals surface area contributed by atoms with Gasteiger partial charge in [-0.25, -0.2) is 9.78 Å². The summed E-state index contributed by atoms with van der Waals surface area (Å²) in [5.74, 6) is -0.0676. The van der Waals surface area contributed by atoms with Crippen molar-refractivity contribution in [1.82, 2.24) is 14.9 Å². The molecular formula is C19H21N3O3S. The van der Waals surface area contributed by atoms with Crippen LogP contribution in [0.4, 0.5) is 0 Å². The lowest BCUT2D eigenvalue weighted by Gasteiger charge is -2.20. The van der Waals surface area contributed by atoms with E-state index in [0.717, 1.165) is 47.5 Å². The first-order valence-corrected chi connectivity index (χ1v) is 9.82. The number of fused-ring (bicyclic) bond motifs is 1. The van der Waals surface area contributed by atoms with Gasteiger partial charge in [-0.1, -0.05) is 25.3 Å². The van der Waals surface area contributed by atoms with Gasteiger partial charge in [-0.05, 0) is 25.0 Å². The van der Waals surface area contributed by atoms with Crippen molar-refractivity contribution in [3.05, 3.63) is 39.1 Å². The first-order chi connectivity index (χ1) is 12.6. The summed E-state index contributed by atoms with van der Waals surface area (Å²) < 4.78 is 6.72. The van der Waals surface area contributed by atoms with Crippen LogP contribution in [0, 0.1) is 5.92 Å². The van der Waals surface area contributed by atoms with E-state index in [2.05, 4.69) is 10.3 Å². The standard InChI is InChI=1S/C19H21N3O3S/c1-22-15-8-7-13(9-16(15)25-19(22)24)14-11-26-17(21-14)10-20-18(23)12-5-3-2-4-6-12/h7-9,11-12H,2-6,10H2,1H3,(H,20,23). The number of nitrogens with one attached hydrogen (secondary N) is 1. The lowest BCUT2D eigenvalue weighted by atomic mass is 9.89. The number of oxazole rings is 1. The number of nitrogens with zero attached hydrogens (tertiary/aromatic N) is 2. The molecule has 1 aliphatic carbocycles. The number of hydrogen-bond donors (Lipinski definition) is 1. The van der Waals surface area contributed by atoms with Crippen LogP contribution in [-0.4, -0.2) is 15.5 Å². The van der Waals surface area contributed by atoms with Gasteiger partial charge in [-0.3, -0.25) is 9.36 Å². The normalized spacial score (nSPS) is 15.4. The second kappa shape index (κ2) is 7.07. The first kappa shape index (κ1) is 17.0. The van der Waals surface area contributed by atoms with Crippen molar-refractivity contribution in [3.8, 4) is 11.3 Å². The van der Waals surface area contributed by atoms with E-state index in [9.17, 15) is 9.59 Å². The lowest BCUT2D eigenvalue weighted by molar-refractivity contribution is -0.126. The topological polar surface area (TPSA) is 77.1 Å².